The van der Waals surface area contributed by atoms with Crippen LogP contribution in [0.5, 0.6) is 5.75 Å². The number of hydrogen-bond donors (Lipinski definition) is 1. The normalized spacial score (nSPS) is 19.8. The van der Waals surface area contributed by atoms with E-state index in [0.29, 0.717) is 6.04 Å². The van der Waals surface area contributed by atoms with Gasteiger partial charge in [-0.05, 0) is 49.4 Å². The Hall–Kier alpha value is -1.06. The average molecular weight is 249 g/mol. The highest BCUT2D eigenvalue weighted by atomic mass is 16.5. The average Bonchev–Trinajstić information content (AvgIpc) is 2.40. The van der Waals surface area contributed by atoms with Gasteiger partial charge in [0.15, 0.2) is 0 Å². The molecule has 1 fully saturated rings. The van der Waals surface area contributed by atoms with Crippen LogP contribution in [0.2, 0.25) is 0 Å². The molecule has 3 nitrogen and oxygen atoms in total. The number of rotatable bonds is 4. The Labute approximate surface area is 109 Å². The van der Waals surface area contributed by atoms with Crippen molar-refractivity contribution in [2.45, 2.75) is 32.7 Å². The van der Waals surface area contributed by atoms with E-state index in [2.05, 4.69) is 31.3 Å². The minimum absolute atomic E-state index is 0.501. The lowest BCUT2D eigenvalue weighted by Crippen LogP contribution is -2.41. The number of ether oxygens (including phenoxy) is 2. The first-order valence-electron chi connectivity index (χ1n) is 6.66. The van der Waals surface area contributed by atoms with Crippen molar-refractivity contribution < 1.29 is 9.47 Å². The highest BCUT2D eigenvalue weighted by Crippen LogP contribution is 2.23. The summed E-state index contributed by atoms with van der Waals surface area (Å²) in [6.07, 6.45) is 2.23. The zero-order valence-electron chi connectivity index (χ0n) is 11.6. The molecular weight excluding hydrogens is 226 g/mol. The molecule has 0 saturated carbocycles. The molecule has 0 radical (unpaired) electrons. The smallest absolute Gasteiger partial charge is 0.122 e. The predicted molar refractivity (Wildman–Crippen MR) is 73.4 cm³/mol. The van der Waals surface area contributed by atoms with Crippen LogP contribution in [0, 0.1) is 13.8 Å². The van der Waals surface area contributed by atoms with E-state index in [4.69, 9.17) is 9.47 Å². The van der Waals surface area contributed by atoms with Gasteiger partial charge in [0, 0.05) is 12.6 Å². The maximum atomic E-state index is 5.48. The van der Waals surface area contributed by atoms with Crippen LogP contribution >= 0.6 is 0 Å². The topological polar surface area (TPSA) is 30.5 Å². The molecule has 0 spiro atoms. The number of morpholine rings is 1. The summed E-state index contributed by atoms with van der Waals surface area (Å²) in [5, 5.41) is 3.50. The van der Waals surface area contributed by atoms with E-state index >= 15 is 0 Å². The fourth-order valence-corrected chi connectivity index (χ4v) is 2.47. The number of aryl methyl sites for hydroxylation is 3. The lowest BCUT2D eigenvalue weighted by Gasteiger charge is -2.24. The van der Waals surface area contributed by atoms with Crippen LogP contribution < -0.4 is 10.1 Å². The van der Waals surface area contributed by atoms with Gasteiger partial charge in [-0.2, -0.15) is 0 Å². The Bertz CT molecular complexity index is 398. The molecule has 1 aromatic rings. The number of methoxy groups -OCH3 is 1. The zero-order valence-corrected chi connectivity index (χ0v) is 11.6. The van der Waals surface area contributed by atoms with Gasteiger partial charge in [-0.3, -0.25) is 0 Å². The summed E-state index contributed by atoms with van der Waals surface area (Å²) < 4.78 is 10.8. The molecule has 0 aromatic heterocycles. The summed E-state index contributed by atoms with van der Waals surface area (Å²) in [7, 11) is 1.73. The highest BCUT2D eigenvalue weighted by Gasteiger charge is 2.13. The Balaban J connectivity index is 1.98. The predicted octanol–water partition coefficient (Wildman–Crippen LogP) is 2.23. The fourth-order valence-electron chi connectivity index (χ4n) is 2.47. The van der Waals surface area contributed by atoms with Crippen LogP contribution in [-0.4, -0.2) is 32.9 Å². The lowest BCUT2D eigenvalue weighted by atomic mass is 9.98. The van der Waals surface area contributed by atoms with Gasteiger partial charge in [-0.1, -0.05) is 6.07 Å². The van der Waals surface area contributed by atoms with Crippen LogP contribution in [0.4, 0.5) is 0 Å². The van der Waals surface area contributed by atoms with Crippen molar-refractivity contribution in [1.29, 1.82) is 0 Å². The van der Waals surface area contributed by atoms with Crippen molar-refractivity contribution in [3.05, 3.63) is 28.8 Å². The van der Waals surface area contributed by atoms with Crippen LogP contribution in [0.15, 0.2) is 12.1 Å². The molecule has 1 heterocycles. The van der Waals surface area contributed by atoms with Gasteiger partial charge in [-0.25, -0.2) is 0 Å². The van der Waals surface area contributed by atoms with Crippen LogP contribution in [0.1, 0.15) is 23.1 Å². The Kier molecular flexibility index (Phi) is 4.61. The first-order valence-corrected chi connectivity index (χ1v) is 6.66. The molecule has 1 atom stereocenters. The summed E-state index contributed by atoms with van der Waals surface area (Å²) >= 11 is 0. The monoisotopic (exact) mass is 249 g/mol. The van der Waals surface area contributed by atoms with E-state index in [9.17, 15) is 0 Å². The van der Waals surface area contributed by atoms with Gasteiger partial charge in [0.05, 0.1) is 20.3 Å². The highest BCUT2D eigenvalue weighted by molar-refractivity contribution is 5.41. The van der Waals surface area contributed by atoms with Crippen molar-refractivity contribution in [2.24, 2.45) is 0 Å². The number of nitrogens with one attached hydrogen (secondary N) is 1. The van der Waals surface area contributed by atoms with E-state index in [1.807, 2.05) is 0 Å². The van der Waals surface area contributed by atoms with Crippen molar-refractivity contribution in [3.8, 4) is 5.75 Å². The second-order valence-electron chi connectivity index (χ2n) is 5.01. The zero-order chi connectivity index (χ0) is 13.0. The molecule has 1 N–H and O–H groups in total. The maximum absolute atomic E-state index is 5.48. The van der Waals surface area contributed by atoms with E-state index in [-0.39, 0.29) is 0 Å². The Morgan fingerprint density at radius 3 is 2.83 bits per heavy atom. The summed E-state index contributed by atoms with van der Waals surface area (Å²) in [5.74, 6) is 0.982. The van der Waals surface area contributed by atoms with E-state index < -0.39 is 0 Å². The first kappa shape index (κ1) is 13.4. The molecule has 100 valence electrons. The summed E-state index contributed by atoms with van der Waals surface area (Å²) in [6.45, 7) is 6.92. The number of benzene rings is 1. The van der Waals surface area contributed by atoms with E-state index in [1.54, 1.807) is 7.11 Å². The van der Waals surface area contributed by atoms with Crippen LogP contribution in [0.25, 0.3) is 0 Å². The summed E-state index contributed by atoms with van der Waals surface area (Å²) in [4.78, 5) is 0. The van der Waals surface area contributed by atoms with E-state index in [0.717, 1.165) is 38.3 Å². The van der Waals surface area contributed by atoms with Gasteiger partial charge in [0.25, 0.3) is 0 Å². The second kappa shape index (κ2) is 6.21. The largest absolute Gasteiger partial charge is 0.496 e. The van der Waals surface area contributed by atoms with Crippen molar-refractivity contribution in [2.75, 3.05) is 26.9 Å². The maximum Gasteiger partial charge on any atom is 0.122 e. The van der Waals surface area contributed by atoms with Crippen LogP contribution in [0.3, 0.4) is 0 Å². The molecule has 0 bridgehead atoms. The first-order chi connectivity index (χ1) is 8.70. The standard InChI is InChI=1S/C15H23NO2/c1-11-9-15(17-3)12(2)8-13(11)4-5-14-10-18-7-6-16-14/h8-9,14,16H,4-7,10H2,1-3H3. The molecule has 0 aliphatic carbocycles. The van der Waals surface area contributed by atoms with Gasteiger partial charge in [0.2, 0.25) is 0 Å². The lowest BCUT2D eigenvalue weighted by molar-refractivity contribution is 0.0743. The van der Waals surface area contributed by atoms with Crippen molar-refractivity contribution in [1.82, 2.24) is 5.32 Å². The summed E-state index contributed by atoms with van der Waals surface area (Å²) in [5.41, 5.74) is 3.95. The third-order valence-corrected chi connectivity index (χ3v) is 3.61. The van der Waals surface area contributed by atoms with Crippen molar-refractivity contribution >= 4 is 0 Å². The fraction of sp³-hybridized carbons (Fsp3) is 0.600. The second-order valence-corrected chi connectivity index (χ2v) is 5.01. The Morgan fingerprint density at radius 2 is 2.17 bits per heavy atom. The van der Waals surface area contributed by atoms with E-state index in [1.165, 1.54) is 16.7 Å². The quantitative estimate of drug-likeness (QED) is 0.887. The molecular formula is C15H23NO2. The molecule has 0 amide bonds. The SMILES string of the molecule is COc1cc(C)c(CCC2COCCN2)cc1C. The van der Waals surface area contributed by atoms with Crippen LogP contribution in [-0.2, 0) is 11.2 Å². The molecule has 1 saturated heterocycles. The molecule has 3 heteroatoms. The van der Waals surface area contributed by atoms with Crippen molar-refractivity contribution in [3.63, 3.8) is 0 Å². The minimum atomic E-state index is 0.501. The molecule has 1 unspecified atom stereocenters. The van der Waals surface area contributed by atoms with Gasteiger partial charge in [0.1, 0.15) is 5.75 Å². The third kappa shape index (κ3) is 3.24. The summed E-state index contributed by atoms with van der Waals surface area (Å²) in [6, 6.07) is 4.88. The van der Waals surface area contributed by atoms with Gasteiger partial charge >= 0.3 is 0 Å². The number of hydrogen-bond acceptors (Lipinski definition) is 3. The minimum Gasteiger partial charge on any atom is -0.496 e. The third-order valence-electron chi connectivity index (χ3n) is 3.61. The Morgan fingerprint density at radius 1 is 1.33 bits per heavy atom. The molecule has 1 aliphatic rings. The molecule has 1 aromatic carbocycles. The molecule has 2 rings (SSSR count). The molecule has 1 aliphatic heterocycles. The van der Waals surface area contributed by atoms with Gasteiger partial charge in [-0.15, -0.1) is 0 Å². The molecule has 18 heavy (non-hydrogen) atoms. The van der Waals surface area contributed by atoms with Gasteiger partial charge < -0.3 is 14.8 Å².